The van der Waals surface area contributed by atoms with E-state index < -0.39 is 5.41 Å². The summed E-state index contributed by atoms with van der Waals surface area (Å²) in [5.41, 5.74) is 0.358. The second-order valence-electron chi connectivity index (χ2n) is 3.77. The lowest BCUT2D eigenvalue weighted by Crippen LogP contribution is -2.17. The summed E-state index contributed by atoms with van der Waals surface area (Å²) in [6.07, 6.45) is 1.49. The highest BCUT2D eigenvalue weighted by Crippen LogP contribution is 2.32. The van der Waals surface area contributed by atoms with Crippen LogP contribution >= 0.6 is 11.6 Å². The van der Waals surface area contributed by atoms with E-state index in [1.54, 1.807) is 19.1 Å². The number of hydrogen-bond donors (Lipinski definition) is 0. The average molecular weight is 213 g/mol. The summed E-state index contributed by atoms with van der Waals surface area (Å²) >= 11 is 5.77. The van der Waals surface area contributed by atoms with E-state index in [1.165, 1.54) is 6.08 Å². The average Bonchev–Trinajstić information content (AvgIpc) is 2.17. The third-order valence-corrected chi connectivity index (χ3v) is 2.67. The van der Waals surface area contributed by atoms with Crippen LogP contribution in [0.2, 0.25) is 5.02 Å². The maximum atomic E-state index is 13.5. The van der Waals surface area contributed by atoms with Gasteiger partial charge in [0.2, 0.25) is 0 Å². The smallest absolute Gasteiger partial charge is 0.106 e. The summed E-state index contributed by atoms with van der Waals surface area (Å²) in [6.45, 7) is 5.41. The first-order chi connectivity index (χ1) is 6.48. The molecule has 0 saturated heterocycles. The van der Waals surface area contributed by atoms with Crippen LogP contribution in [-0.2, 0) is 5.41 Å². The first-order valence-electron chi connectivity index (χ1n) is 4.57. The van der Waals surface area contributed by atoms with E-state index in [-0.39, 0.29) is 5.83 Å². The largest absolute Gasteiger partial charge is 0.211 e. The van der Waals surface area contributed by atoms with Crippen molar-refractivity contribution in [3.05, 3.63) is 46.8 Å². The van der Waals surface area contributed by atoms with Crippen molar-refractivity contribution in [1.82, 2.24) is 0 Å². The fourth-order valence-corrected chi connectivity index (χ4v) is 1.49. The fraction of sp³-hybridized carbons (Fsp3) is 0.333. The summed E-state index contributed by atoms with van der Waals surface area (Å²) < 4.78 is 13.5. The molecule has 0 spiro atoms. The van der Waals surface area contributed by atoms with Crippen LogP contribution in [0.5, 0.6) is 0 Å². The predicted molar refractivity (Wildman–Crippen MR) is 59.3 cm³/mol. The standard InChI is InChI=1S/C12H14ClF/c1-4-11(14)12(2,3)9-5-7-10(13)8-6-9/h4-8H,1-3H3. The molecular weight excluding hydrogens is 199 g/mol. The Morgan fingerprint density at radius 3 is 2.21 bits per heavy atom. The van der Waals surface area contributed by atoms with E-state index in [1.807, 2.05) is 26.0 Å². The number of hydrogen-bond acceptors (Lipinski definition) is 0. The van der Waals surface area contributed by atoms with Crippen LogP contribution in [0.15, 0.2) is 36.2 Å². The van der Waals surface area contributed by atoms with Crippen LogP contribution < -0.4 is 0 Å². The molecule has 0 unspecified atom stereocenters. The minimum Gasteiger partial charge on any atom is -0.211 e. The molecule has 0 atom stereocenters. The molecule has 0 amide bonds. The summed E-state index contributed by atoms with van der Waals surface area (Å²) in [5, 5.41) is 0.672. The van der Waals surface area contributed by atoms with E-state index in [0.29, 0.717) is 5.02 Å². The Kier molecular flexibility index (Phi) is 3.33. The molecule has 1 aromatic carbocycles. The first kappa shape index (κ1) is 11.3. The van der Waals surface area contributed by atoms with Crippen molar-refractivity contribution in [2.24, 2.45) is 0 Å². The van der Waals surface area contributed by atoms with Gasteiger partial charge in [-0.1, -0.05) is 29.8 Å². The molecule has 14 heavy (non-hydrogen) atoms. The Labute approximate surface area is 89.4 Å². The molecule has 0 bridgehead atoms. The Morgan fingerprint density at radius 1 is 1.29 bits per heavy atom. The van der Waals surface area contributed by atoms with Gasteiger partial charge in [0.15, 0.2) is 0 Å². The van der Waals surface area contributed by atoms with Crippen LogP contribution in [-0.4, -0.2) is 0 Å². The Morgan fingerprint density at radius 2 is 1.79 bits per heavy atom. The van der Waals surface area contributed by atoms with Crippen molar-refractivity contribution >= 4 is 11.6 Å². The predicted octanol–water partition coefficient (Wildman–Crippen LogP) is 4.49. The van der Waals surface area contributed by atoms with Crippen LogP contribution in [0.3, 0.4) is 0 Å². The van der Waals surface area contributed by atoms with Gasteiger partial charge in [0.25, 0.3) is 0 Å². The van der Waals surface area contributed by atoms with Gasteiger partial charge in [-0.3, -0.25) is 0 Å². The first-order valence-corrected chi connectivity index (χ1v) is 4.94. The highest BCUT2D eigenvalue weighted by atomic mass is 35.5. The summed E-state index contributed by atoms with van der Waals surface area (Å²) in [4.78, 5) is 0. The van der Waals surface area contributed by atoms with Crippen LogP contribution in [0.1, 0.15) is 26.3 Å². The minimum atomic E-state index is -0.570. The van der Waals surface area contributed by atoms with Crippen molar-refractivity contribution in [2.45, 2.75) is 26.2 Å². The van der Waals surface area contributed by atoms with Crippen molar-refractivity contribution in [2.75, 3.05) is 0 Å². The lowest BCUT2D eigenvalue weighted by atomic mass is 9.83. The second kappa shape index (κ2) is 4.14. The topological polar surface area (TPSA) is 0 Å². The molecule has 0 fully saturated rings. The van der Waals surface area contributed by atoms with Gasteiger partial charge < -0.3 is 0 Å². The zero-order valence-corrected chi connectivity index (χ0v) is 9.40. The monoisotopic (exact) mass is 212 g/mol. The minimum absolute atomic E-state index is 0.125. The van der Waals surface area contributed by atoms with Crippen molar-refractivity contribution < 1.29 is 4.39 Å². The quantitative estimate of drug-likeness (QED) is 0.678. The van der Waals surface area contributed by atoms with Gasteiger partial charge >= 0.3 is 0 Å². The van der Waals surface area contributed by atoms with E-state index in [4.69, 9.17) is 11.6 Å². The molecule has 0 nitrogen and oxygen atoms in total. The van der Waals surface area contributed by atoms with Gasteiger partial charge in [-0.2, -0.15) is 0 Å². The zero-order chi connectivity index (χ0) is 10.8. The third kappa shape index (κ3) is 2.16. The molecule has 0 aliphatic carbocycles. The van der Waals surface area contributed by atoms with E-state index in [9.17, 15) is 4.39 Å². The molecule has 0 heterocycles. The van der Waals surface area contributed by atoms with Crippen molar-refractivity contribution in [1.29, 1.82) is 0 Å². The molecule has 1 aromatic rings. The summed E-state index contributed by atoms with van der Waals surface area (Å²) in [6, 6.07) is 7.26. The van der Waals surface area contributed by atoms with Crippen molar-refractivity contribution in [3.63, 3.8) is 0 Å². The second-order valence-corrected chi connectivity index (χ2v) is 4.20. The van der Waals surface area contributed by atoms with Gasteiger partial charge in [-0.15, -0.1) is 0 Å². The SMILES string of the molecule is CC=C(F)C(C)(C)c1ccc(Cl)cc1. The molecule has 0 aromatic heterocycles. The van der Waals surface area contributed by atoms with E-state index in [2.05, 4.69) is 0 Å². The molecule has 0 N–H and O–H groups in total. The molecule has 0 aliphatic heterocycles. The van der Waals surface area contributed by atoms with Gasteiger partial charge in [0, 0.05) is 10.4 Å². The van der Waals surface area contributed by atoms with Crippen LogP contribution in [0.25, 0.3) is 0 Å². The molecular formula is C12H14ClF. The lowest BCUT2D eigenvalue weighted by molar-refractivity contribution is 0.456. The molecule has 0 radical (unpaired) electrons. The van der Waals surface area contributed by atoms with E-state index in [0.717, 1.165) is 5.56 Å². The molecule has 76 valence electrons. The van der Waals surface area contributed by atoms with Gasteiger partial charge in [-0.05, 0) is 38.5 Å². The van der Waals surface area contributed by atoms with Gasteiger partial charge in [0.05, 0.1) is 0 Å². The summed E-state index contributed by atoms with van der Waals surface area (Å²) in [7, 11) is 0. The highest BCUT2D eigenvalue weighted by molar-refractivity contribution is 6.30. The lowest BCUT2D eigenvalue weighted by Gasteiger charge is -2.23. The fourth-order valence-electron chi connectivity index (χ4n) is 1.37. The number of benzene rings is 1. The zero-order valence-electron chi connectivity index (χ0n) is 8.64. The van der Waals surface area contributed by atoms with Crippen LogP contribution in [0, 0.1) is 0 Å². The van der Waals surface area contributed by atoms with Gasteiger partial charge in [-0.25, -0.2) is 4.39 Å². The number of halogens is 2. The highest BCUT2D eigenvalue weighted by Gasteiger charge is 2.25. The maximum absolute atomic E-state index is 13.5. The number of allylic oxidation sites excluding steroid dienone is 2. The third-order valence-electron chi connectivity index (χ3n) is 2.42. The number of rotatable bonds is 2. The summed E-state index contributed by atoms with van der Waals surface area (Å²) in [5.74, 6) is -0.125. The molecule has 1 rings (SSSR count). The maximum Gasteiger partial charge on any atom is 0.106 e. The Balaban J connectivity index is 3.10. The van der Waals surface area contributed by atoms with Crippen LogP contribution in [0.4, 0.5) is 4.39 Å². The normalized spacial score (nSPS) is 13.1. The molecule has 2 heteroatoms. The Hall–Kier alpha value is -0.820. The van der Waals surface area contributed by atoms with E-state index >= 15 is 0 Å². The molecule has 0 aliphatic rings. The van der Waals surface area contributed by atoms with Crippen molar-refractivity contribution in [3.8, 4) is 0 Å². The van der Waals surface area contributed by atoms with Gasteiger partial charge in [0.1, 0.15) is 5.83 Å². The Bertz CT molecular complexity index is 336. The molecule has 0 saturated carbocycles.